The Bertz CT molecular complexity index is 1420. The van der Waals surface area contributed by atoms with Crippen LogP contribution in [0.5, 0.6) is 11.8 Å². The zero-order chi connectivity index (χ0) is 25.4. The lowest BCUT2D eigenvalue weighted by Gasteiger charge is -2.36. The maximum atomic E-state index is 12.3. The van der Waals surface area contributed by atoms with Gasteiger partial charge in [-0.15, -0.1) is 9.24 Å². The Labute approximate surface area is 211 Å². The molecule has 1 aliphatic rings. The Morgan fingerprint density at radius 2 is 2.03 bits per heavy atom. The summed E-state index contributed by atoms with van der Waals surface area (Å²) in [5.74, 6) is 1.41. The topological polar surface area (TPSA) is 109 Å². The minimum absolute atomic E-state index is 0.0454. The van der Waals surface area contributed by atoms with Crippen molar-refractivity contribution in [2.45, 2.75) is 26.0 Å². The highest BCUT2D eigenvalue weighted by Gasteiger charge is 2.27. The average Bonchev–Trinajstić information content (AvgIpc) is 3.34. The van der Waals surface area contributed by atoms with Gasteiger partial charge in [-0.3, -0.25) is 4.79 Å². The van der Waals surface area contributed by atoms with Crippen molar-refractivity contribution in [3.63, 3.8) is 0 Å². The number of hydrogen-bond acceptors (Lipinski definition) is 8. The zero-order valence-electron chi connectivity index (χ0n) is 20.6. The number of pyridine rings is 1. The molecule has 2 unspecified atom stereocenters. The minimum atomic E-state index is -0.0851. The number of aromatic nitrogens is 5. The van der Waals surface area contributed by atoms with Crippen molar-refractivity contribution in [2.24, 2.45) is 0 Å². The Morgan fingerprint density at radius 3 is 2.81 bits per heavy atom. The fourth-order valence-electron chi connectivity index (χ4n) is 4.02. The number of morpholine rings is 1. The summed E-state index contributed by atoms with van der Waals surface area (Å²) in [6.07, 6.45) is 3.62. The summed E-state index contributed by atoms with van der Waals surface area (Å²) in [6, 6.07) is 9.41. The van der Waals surface area contributed by atoms with E-state index in [1.54, 1.807) is 38.5 Å². The minimum Gasteiger partial charge on any atom is -0.424 e. The van der Waals surface area contributed by atoms with Crippen LogP contribution in [-0.4, -0.2) is 75.1 Å². The molecule has 5 rings (SSSR count). The van der Waals surface area contributed by atoms with E-state index in [9.17, 15) is 4.79 Å². The highest BCUT2D eigenvalue weighted by Crippen LogP contribution is 2.27. The number of amides is 1. The van der Waals surface area contributed by atoms with Crippen LogP contribution in [0.3, 0.4) is 0 Å². The molecule has 186 valence electrons. The number of nitrogens with zero attached hydrogens (tertiary/aromatic N) is 6. The number of ether oxygens (including phenoxy) is 2. The molecule has 3 atom stereocenters. The highest BCUT2D eigenvalue weighted by atomic mass is 31.0. The number of H-pyrrole nitrogens is 1. The molecule has 4 heterocycles. The number of benzene rings is 1. The van der Waals surface area contributed by atoms with Crippen LogP contribution < -0.4 is 14.9 Å². The molecular weight excluding hydrogens is 477 g/mol. The number of carbonyl (C=O) groups excluding carboxylic acids is 1. The van der Waals surface area contributed by atoms with Gasteiger partial charge in [0.1, 0.15) is 11.4 Å². The van der Waals surface area contributed by atoms with Crippen molar-refractivity contribution in [3.8, 4) is 23.1 Å². The van der Waals surface area contributed by atoms with Crippen LogP contribution in [0, 0.1) is 0 Å². The number of carbonyl (C=O) groups is 1. The molecule has 0 saturated carbocycles. The molecule has 1 N–H and O–H groups in total. The van der Waals surface area contributed by atoms with E-state index in [0.29, 0.717) is 36.2 Å². The summed E-state index contributed by atoms with van der Waals surface area (Å²) in [4.78, 5) is 37.6. The van der Waals surface area contributed by atoms with Gasteiger partial charge in [0.2, 0.25) is 5.95 Å². The first-order valence-corrected chi connectivity index (χ1v) is 12.2. The number of hydrogen-bond donors (Lipinski definition) is 1. The first-order valence-electron chi connectivity index (χ1n) is 11.7. The maximum absolute atomic E-state index is 12.3. The molecule has 10 nitrogen and oxygen atoms in total. The largest absolute Gasteiger partial charge is 0.424 e. The summed E-state index contributed by atoms with van der Waals surface area (Å²) < 4.78 is 11.9. The smallest absolute Gasteiger partial charge is 0.327 e. The predicted molar refractivity (Wildman–Crippen MR) is 141 cm³/mol. The summed E-state index contributed by atoms with van der Waals surface area (Å²) in [5, 5.41) is 1.67. The number of rotatable bonds is 5. The van der Waals surface area contributed by atoms with Crippen LogP contribution >= 0.6 is 9.24 Å². The quantitative estimate of drug-likeness (QED) is 0.413. The van der Waals surface area contributed by atoms with Crippen LogP contribution in [0.1, 0.15) is 24.2 Å². The van der Waals surface area contributed by atoms with Crippen molar-refractivity contribution in [1.82, 2.24) is 29.8 Å². The molecule has 1 aliphatic heterocycles. The number of anilines is 1. The van der Waals surface area contributed by atoms with Crippen molar-refractivity contribution in [1.29, 1.82) is 0 Å². The molecule has 3 aromatic heterocycles. The Morgan fingerprint density at radius 1 is 1.19 bits per heavy atom. The number of fused-ring (bicyclic) bond motifs is 1. The first kappa shape index (κ1) is 24.1. The lowest BCUT2D eigenvalue weighted by atomic mass is 10.2. The SMILES string of the molecule is CC1CN(c2nc(Oc3ccc(C(=O)N(C)C)cc3P)nc(-c3cnc4[nH]ccc4c3)n2)[C@@H](C)CO1. The van der Waals surface area contributed by atoms with Gasteiger partial charge in [0, 0.05) is 54.9 Å². The van der Waals surface area contributed by atoms with Crippen LogP contribution in [0.4, 0.5) is 5.95 Å². The lowest BCUT2D eigenvalue weighted by molar-refractivity contribution is 0.0336. The van der Waals surface area contributed by atoms with E-state index in [0.717, 1.165) is 21.9 Å². The van der Waals surface area contributed by atoms with Crippen LogP contribution in [0.2, 0.25) is 0 Å². The molecule has 1 amide bonds. The third-order valence-corrected chi connectivity index (χ3v) is 6.44. The molecular formula is C25H28N7O3P. The molecule has 0 spiro atoms. The van der Waals surface area contributed by atoms with Gasteiger partial charge in [0.15, 0.2) is 5.82 Å². The number of nitrogens with one attached hydrogen (secondary N) is 1. The average molecular weight is 506 g/mol. The summed E-state index contributed by atoms with van der Waals surface area (Å²) in [5.41, 5.74) is 2.11. The molecule has 1 aromatic carbocycles. The molecule has 1 fully saturated rings. The van der Waals surface area contributed by atoms with Gasteiger partial charge < -0.3 is 24.3 Å². The van der Waals surface area contributed by atoms with Crippen LogP contribution in [0.15, 0.2) is 42.7 Å². The highest BCUT2D eigenvalue weighted by molar-refractivity contribution is 7.27. The van der Waals surface area contributed by atoms with Crippen LogP contribution in [-0.2, 0) is 4.74 Å². The Hall–Kier alpha value is -3.62. The summed E-state index contributed by atoms with van der Waals surface area (Å²) >= 11 is 0. The van der Waals surface area contributed by atoms with Crippen molar-refractivity contribution >= 4 is 37.4 Å². The van der Waals surface area contributed by atoms with E-state index < -0.39 is 0 Å². The third-order valence-electron chi connectivity index (χ3n) is 5.99. The molecule has 4 aromatic rings. The van der Waals surface area contributed by atoms with Crippen LogP contribution in [0.25, 0.3) is 22.4 Å². The van der Waals surface area contributed by atoms with Gasteiger partial charge in [-0.25, -0.2) is 4.98 Å². The van der Waals surface area contributed by atoms with E-state index in [1.165, 1.54) is 4.90 Å². The second kappa shape index (κ2) is 9.79. The van der Waals surface area contributed by atoms with E-state index in [4.69, 9.17) is 14.5 Å². The molecule has 11 heteroatoms. The van der Waals surface area contributed by atoms with E-state index in [1.807, 2.05) is 25.3 Å². The monoisotopic (exact) mass is 505 g/mol. The summed E-state index contributed by atoms with van der Waals surface area (Å²) in [7, 11) is 6.05. The van der Waals surface area contributed by atoms with Gasteiger partial charge >= 0.3 is 6.01 Å². The molecule has 0 bridgehead atoms. The summed E-state index contributed by atoms with van der Waals surface area (Å²) in [6.45, 7) is 5.32. The fraction of sp³-hybridized carbons (Fsp3) is 0.320. The van der Waals surface area contributed by atoms with Crippen molar-refractivity contribution < 1.29 is 14.3 Å². The van der Waals surface area contributed by atoms with E-state index >= 15 is 0 Å². The normalized spacial score (nSPS) is 17.9. The Kier molecular flexibility index (Phi) is 6.55. The zero-order valence-corrected chi connectivity index (χ0v) is 21.8. The van der Waals surface area contributed by atoms with Gasteiger partial charge in [0.25, 0.3) is 5.91 Å². The first-order chi connectivity index (χ1) is 17.3. The maximum Gasteiger partial charge on any atom is 0.327 e. The predicted octanol–water partition coefficient (Wildman–Crippen LogP) is 3.02. The van der Waals surface area contributed by atoms with Gasteiger partial charge in [-0.1, -0.05) is 0 Å². The lowest BCUT2D eigenvalue weighted by Crippen LogP contribution is -2.48. The van der Waals surface area contributed by atoms with Gasteiger partial charge in [-0.05, 0) is 44.2 Å². The molecule has 36 heavy (non-hydrogen) atoms. The Balaban J connectivity index is 1.55. The van der Waals surface area contributed by atoms with Crippen molar-refractivity contribution in [3.05, 3.63) is 48.3 Å². The second-order valence-electron chi connectivity index (χ2n) is 9.08. The molecule has 0 aliphatic carbocycles. The number of aromatic amines is 1. The van der Waals surface area contributed by atoms with E-state index in [-0.39, 0.29) is 24.1 Å². The van der Waals surface area contributed by atoms with Crippen molar-refractivity contribution in [2.75, 3.05) is 32.1 Å². The van der Waals surface area contributed by atoms with E-state index in [2.05, 4.69) is 41.0 Å². The second-order valence-corrected chi connectivity index (χ2v) is 9.70. The molecule has 1 saturated heterocycles. The third kappa shape index (κ3) is 4.87. The molecule has 0 radical (unpaired) electrons. The standard InChI is InChI=1S/C25H28N7O3P/c1-14-13-34-15(2)12-32(14)24-28-22(18-9-16-7-8-26-21(16)27-11-18)29-25(30-24)35-19-6-5-17(10-20(19)36)23(33)31(3)4/h5-11,14-15H,12-13,36H2,1-4H3,(H,26,27)/t14-,15?/m0/s1. The van der Waals surface area contributed by atoms with Gasteiger partial charge in [-0.2, -0.15) is 15.0 Å². The van der Waals surface area contributed by atoms with Gasteiger partial charge in [0.05, 0.1) is 18.8 Å². The fourth-order valence-corrected chi connectivity index (χ4v) is 4.36.